The summed E-state index contributed by atoms with van der Waals surface area (Å²) in [6.07, 6.45) is 2.02. The lowest BCUT2D eigenvalue weighted by Crippen LogP contribution is -2.39. The maximum Gasteiger partial charge on any atom is 0.309 e. The number of rotatable bonds is 4. The van der Waals surface area contributed by atoms with Crippen molar-refractivity contribution in [2.75, 3.05) is 6.61 Å². The van der Waals surface area contributed by atoms with Crippen molar-refractivity contribution >= 4 is 11.9 Å². The standard InChI is InChI=1S/C9H14O4/c1-2-5-13-9(12)7-4-3-6(7)8(10)11/h6-7H,2-5H2,1H3,(H,10,11). The number of carboxylic acids is 1. The Labute approximate surface area is 76.9 Å². The first-order valence-corrected chi connectivity index (χ1v) is 4.56. The third-order valence-electron chi connectivity index (χ3n) is 2.34. The van der Waals surface area contributed by atoms with Crippen molar-refractivity contribution < 1.29 is 19.4 Å². The van der Waals surface area contributed by atoms with Crippen LogP contribution in [-0.2, 0) is 14.3 Å². The van der Waals surface area contributed by atoms with Crippen molar-refractivity contribution in [3.05, 3.63) is 0 Å². The van der Waals surface area contributed by atoms with Gasteiger partial charge in [0.15, 0.2) is 0 Å². The summed E-state index contributed by atoms with van der Waals surface area (Å²) in [6.45, 7) is 2.30. The lowest BCUT2D eigenvalue weighted by molar-refractivity contribution is -0.164. The number of hydrogen-bond donors (Lipinski definition) is 1. The van der Waals surface area contributed by atoms with Gasteiger partial charge < -0.3 is 9.84 Å². The van der Waals surface area contributed by atoms with Crippen LogP contribution in [0.4, 0.5) is 0 Å². The molecule has 0 spiro atoms. The molecule has 1 rings (SSSR count). The molecular formula is C9H14O4. The molecule has 0 aromatic heterocycles. The van der Waals surface area contributed by atoms with E-state index in [1.165, 1.54) is 0 Å². The van der Waals surface area contributed by atoms with E-state index in [1.54, 1.807) is 0 Å². The third kappa shape index (κ3) is 2.20. The minimum absolute atomic E-state index is 0.347. The highest BCUT2D eigenvalue weighted by molar-refractivity contribution is 5.82. The molecule has 0 bridgehead atoms. The van der Waals surface area contributed by atoms with Gasteiger partial charge in [0.05, 0.1) is 18.4 Å². The molecule has 2 atom stereocenters. The predicted molar refractivity (Wildman–Crippen MR) is 45.1 cm³/mol. The number of carboxylic acid groups (broad SMARTS) is 1. The Kier molecular flexibility index (Phi) is 3.28. The Morgan fingerprint density at radius 1 is 1.38 bits per heavy atom. The van der Waals surface area contributed by atoms with Crippen LogP contribution in [0.1, 0.15) is 26.2 Å². The van der Waals surface area contributed by atoms with E-state index < -0.39 is 17.8 Å². The quantitative estimate of drug-likeness (QED) is 0.666. The number of ether oxygens (including phenoxy) is 1. The molecule has 0 saturated heterocycles. The highest BCUT2D eigenvalue weighted by atomic mass is 16.5. The van der Waals surface area contributed by atoms with Gasteiger partial charge in [0, 0.05) is 0 Å². The summed E-state index contributed by atoms with van der Waals surface area (Å²) in [6, 6.07) is 0. The Morgan fingerprint density at radius 3 is 2.38 bits per heavy atom. The molecular weight excluding hydrogens is 172 g/mol. The van der Waals surface area contributed by atoms with E-state index in [9.17, 15) is 9.59 Å². The van der Waals surface area contributed by atoms with Crippen LogP contribution in [0.25, 0.3) is 0 Å². The molecule has 1 aliphatic rings. The summed E-state index contributed by atoms with van der Waals surface area (Å²) in [7, 11) is 0. The maximum absolute atomic E-state index is 11.2. The van der Waals surface area contributed by atoms with Crippen molar-refractivity contribution in [2.24, 2.45) is 11.8 Å². The molecule has 0 aromatic rings. The second-order valence-electron chi connectivity index (χ2n) is 3.30. The van der Waals surface area contributed by atoms with Crippen LogP contribution in [-0.4, -0.2) is 23.7 Å². The van der Waals surface area contributed by atoms with Crippen LogP contribution in [0.15, 0.2) is 0 Å². The van der Waals surface area contributed by atoms with Crippen molar-refractivity contribution in [3.8, 4) is 0 Å². The van der Waals surface area contributed by atoms with Gasteiger partial charge in [-0.15, -0.1) is 0 Å². The van der Waals surface area contributed by atoms with Gasteiger partial charge in [-0.25, -0.2) is 0 Å². The lowest BCUT2D eigenvalue weighted by Gasteiger charge is -2.30. The van der Waals surface area contributed by atoms with Crippen molar-refractivity contribution in [3.63, 3.8) is 0 Å². The van der Waals surface area contributed by atoms with Gasteiger partial charge in [0.2, 0.25) is 0 Å². The monoisotopic (exact) mass is 186 g/mol. The SMILES string of the molecule is CCCOC(=O)C1CCC1C(=O)O. The Morgan fingerprint density at radius 2 is 2.00 bits per heavy atom. The minimum atomic E-state index is -0.885. The third-order valence-corrected chi connectivity index (χ3v) is 2.34. The predicted octanol–water partition coefficient (Wildman–Crippen LogP) is 1.05. The molecule has 0 aliphatic heterocycles. The van der Waals surface area contributed by atoms with Crippen LogP contribution < -0.4 is 0 Å². The van der Waals surface area contributed by atoms with E-state index in [1.807, 2.05) is 6.92 Å². The highest BCUT2D eigenvalue weighted by Crippen LogP contribution is 2.35. The molecule has 1 N–H and O–H groups in total. The van der Waals surface area contributed by atoms with Crippen molar-refractivity contribution in [1.29, 1.82) is 0 Å². The van der Waals surface area contributed by atoms with E-state index in [2.05, 4.69) is 0 Å². The molecule has 1 saturated carbocycles. The van der Waals surface area contributed by atoms with Gasteiger partial charge in [0.25, 0.3) is 0 Å². The Balaban J connectivity index is 2.35. The van der Waals surface area contributed by atoms with Gasteiger partial charge in [-0.1, -0.05) is 6.92 Å². The zero-order valence-electron chi connectivity index (χ0n) is 7.66. The van der Waals surface area contributed by atoms with E-state index in [0.717, 1.165) is 6.42 Å². The molecule has 0 aromatic carbocycles. The summed E-state index contributed by atoms with van der Waals surface area (Å²) in [4.78, 5) is 21.8. The van der Waals surface area contributed by atoms with E-state index in [4.69, 9.17) is 9.84 Å². The van der Waals surface area contributed by atoms with Crippen LogP contribution >= 0.6 is 0 Å². The number of esters is 1. The number of carbonyl (C=O) groups is 2. The van der Waals surface area contributed by atoms with Gasteiger partial charge in [0.1, 0.15) is 0 Å². The second kappa shape index (κ2) is 4.25. The molecule has 74 valence electrons. The fourth-order valence-electron chi connectivity index (χ4n) is 1.39. The largest absolute Gasteiger partial charge is 0.481 e. The fourth-order valence-corrected chi connectivity index (χ4v) is 1.39. The topological polar surface area (TPSA) is 63.6 Å². The average molecular weight is 186 g/mol. The molecule has 1 fully saturated rings. The lowest BCUT2D eigenvalue weighted by atomic mass is 9.74. The molecule has 13 heavy (non-hydrogen) atoms. The normalized spacial score (nSPS) is 26.2. The fraction of sp³-hybridized carbons (Fsp3) is 0.778. The summed E-state index contributed by atoms with van der Waals surface area (Å²) < 4.78 is 4.87. The van der Waals surface area contributed by atoms with E-state index in [-0.39, 0.29) is 5.97 Å². The van der Waals surface area contributed by atoms with Crippen LogP contribution in [0.5, 0.6) is 0 Å². The van der Waals surface area contributed by atoms with Gasteiger partial charge in [-0.05, 0) is 19.3 Å². The number of hydrogen-bond acceptors (Lipinski definition) is 3. The van der Waals surface area contributed by atoms with Crippen LogP contribution in [0.2, 0.25) is 0 Å². The average Bonchev–Trinajstić information content (AvgIpc) is 1.97. The first-order chi connectivity index (χ1) is 6.16. The highest BCUT2D eigenvalue weighted by Gasteiger charge is 2.42. The molecule has 0 heterocycles. The van der Waals surface area contributed by atoms with E-state index in [0.29, 0.717) is 19.4 Å². The summed E-state index contributed by atoms with van der Waals surface area (Å²) >= 11 is 0. The Bertz CT molecular complexity index is 212. The molecule has 1 aliphatic carbocycles. The first kappa shape index (κ1) is 10.0. The van der Waals surface area contributed by atoms with Crippen molar-refractivity contribution in [2.45, 2.75) is 26.2 Å². The smallest absolute Gasteiger partial charge is 0.309 e. The second-order valence-corrected chi connectivity index (χ2v) is 3.30. The zero-order chi connectivity index (χ0) is 9.84. The number of aliphatic carboxylic acids is 1. The minimum Gasteiger partial charge on any atom is -0.481 e. The summed E-state index contributed by atoms with van der Waals surface area (Å²) in [5.74, 6) is -2.14. The van der Waals surface area contributed by atoms with Gasteiger partial charge in [-0.2, -0.15) is 0 Å². The molecule has 4 nitrogen and oxygen atoms in total. The van der Waals surface area contributed by atoms with Crippen molar-refractivity contribution in [1.82, 2.24) is 0 Å². The van der Waals surface area contributed by atoms with Crippen LogP contribution in [0.3, 0.4) is 0 Å². The number of carbonyl (C=O) groups excluding carboxylic acids is 1. The molecule has 0 radical (unpaired) electrons. The molecule has 4 heteroatoms. The zero-order valence-corrected chi connectivity index (χ0v) is 7.66. The Hall–Kier alpha value is -1.06. The van der Waals surface area contributed by atoms with Crippen LogP contribution in [0, 0.1) is 11.8 Å². The van der Waals surface area contributed by atoms with Gasteiger partial charge >= 0.3 is 11.9 Å². The first-order valence-electron chi connectivity index (χ1n) is 4.56. The summed E-state index contributed by atoms with van der Waals surface area (Å²) in [5, 5.41) is 8.67. The molecule has 0 amide bonds. The summed E-state index contributed by atoms with van der Waals surface area (Å²) in [5.41, 5.74) is 0. The van der Waals surface area contributed by atoms with E-state index >= 15 is 0 Å². The van der Waals surface area contributed by atoms with Gasteiger partial charge in [-0.3, -0.25) is 9.59 Å². The molecule has 2 unspecified atom stereocenters. The maximum atomic E-state index is 11.2.